The van der Waals surface area contributed by atoms with E-state index in [2.05, 4.69) is 0 Å². The molecule has 1 rings (SSSR count). The Morgan fingerprint density at radius 3 is 2.35 bits per heavy atom. The summed E-state index contributed by atoms with van der Waals surface area (Å²) in [5, 5.41) is 2.08. The zero-order chi connectivity index (χ0) is 14.3. The first kappa shape index (κ1) is 21.7. The topological polar surface area (TPSA) is 18.5 Å². The van der Waals surface area contributed by atoms with Gasteiger partial charge in [0.05, 0.1) is 23.3 Å². The van der Waals surface area contributed by atoms with Gasteiger partial charge in [-0.25, -0.2) is 0 Å². The Morgan fingerprint density at radius 1 is 1.20 bits per heavy atom. The van der Waals surface area contributed by atoms with Crippen LogP contribution in [0.1, 0.15) is 13.8 Å². The monoisotopic (exact) mass is 482 g/mol. The molecule has 1 aromatic rings. The third-order valence-electron chi connectivity index (χ3n) is 1.89. The fraction of sp³-hybridized carbons (Fsp3) is 0.455. The van der Waals surface area contributed by atoms with E-state index in [0.717, 1.165) is 9.98 Å². The molecule has 0 spiro atoms. The Balaban J connectivity index is 0.00000361. The van der Waals surface area contributed by atoms with E-state index in [-0.39, 0.29) is 20.4 Å². The Morgan fingerprint density at radius 2 is 1.80 bits per heavy atom. The van der Waals surface area contributed by atoms with Gasteiger partial charge < -0.3 is 9.05 Å². The van der Waals surface area contributed by atoms with Crippen LogP contribution in [0.3, 0.4) is 0 Å². The van der Waals surface area contributed by atoms with Crippen molar-refractivity contribution in [1.82, 2.24) is 0 Å². The van der Waals surface area contributed by atoms with Crippen LogP contribution in [0, 0.1) is 0 Å². The van der Waals surface area contributed by atoms with Crippen molar-refractivity contribution in [3.05, 3.63) is 28.2 Å². The molecular formula is C11H15Cl2O2PPdS3. The summed E-state index contributed by atoms with van der Waals surface area (Å²) in [7, 11) is 0. The van der Waals surface area contributed by atoms with Crippen LogP contribution in [-0.4, -0.2) is 18.3 Å². The number of thioether (sulfide) groups is 1. The summed E-state index contributed by atoms with van der Waals surface area (Å²) in [6, 6.07) is 5.41. The van der Waals surface area contributed by atoms with Crippen molar-refractivity contribution in [2.24, 2.45) is 0 Å². The van der Waals surface area contributed by atoms with Crippen molar-refractivity contribution >= 4 is 63.8 Å². The van der Waals surface area contributed by atoms with Gasteiger partial charge in [-0.15, -0.1) is 11.8 Å². The molecule has 1 aromatic carbocycles. The molecule has 2 nitrogen and oxygen atoms in total. The standard InChI is InChI=1S/C11H15Cl2O2PS3.Pd/c1-3-14-16(17,15-4-2)19-8-18-11-7-9(12)5-6-10(11)13;/h5-7H,3-4,8H2,1-2H3;. The maximum absolute atomic E-state index is 6.10. The first-order chi connectivity index (χ1) is 9.00. The molecule has 0 aliphatic rings. The van der Waals surface area contributed by atoms with Crippen molar-refractivity contribution < 1.29 is 29.5 Å². The van der Waals surface area contributed by atoms with Crippen molar-refractivity contribution in [3.63, 3.8) is 0 Å². The first-order valence-electron chi connectivity index (χ1n) is 5.62. The maximum Gasteiger partial charge on any atom is 0.248 e. The summed E-state index contributed by atoms with van der Waals surface area (Å²) >= 11 is 20.6. The SMILES string of the molecule is CCOP(=S)(OCC)SCSc1cc(Cl)ccc1Cl.[Pd]. The molecule has 9 heteroatoms. The van der Waals surface area contributed by atoms with Crippen LogP contribution >= 0.6 is 52.0 Å². The van der Waals surface area contributed by atoms with Crippen LogP contribution in [-0.2, 0) is 41.3 Å². The summed E-state index contributed by atoms with van der Waals surface area (Å²) in [6.07, 6.45) is 0. The van der Waals surface area contributed by atoms with Gasteiger partial charge in [0.15, 0.2) is 0 Å². The molecule has 0 radical (unpaired) electrons. The predicted molar refractivity (Wildman–Crippen MR) is 92.3 cm³/mol. The minimum absolute atomic E-state index is 0. The molecule has 0 N–H and O–H groups in total. The van der Waals surface area contributed by atoms with Gasteiger partial charge in [-0.05, 0) is 43.9 Å². The number of halogens is 2. The molecule has 0 unspecified atom stereocenters. The van der Waals surface area contributed by atoms with Crippen LogP contribution in [0.2, 0.25) is 10.0 Å². The van der Waals surface area contributed by atoms with Crippen LogP contribution in [0.25, 0.3) is 0 Å². The summed E-state index contributed by atoms with van der Waals surface area (Å²) in [5.41, 5.74) is -2.23. The second kappa shape index (κ2) is 11.3. The van der Waals surface area contributed by atoms with Gasteiger partial charge in [0, 0.05) is 30.3 Å². The average molecular weight is 484 g/mol. The molecule has 0 atom stereocenters. The van der Waals surface area contributed by atoms with Crippen molar-refractivity contribution in [1.29, 1.82) is 0 Å². The van der Waals surface area contributed by atoms with Crippen LogP contribution < -0.4 is 0 Å². The van der Waals surface area contributed by atoms with E-state index in [1.54, 1.807) is 23.9 Å². The van der Waals surface area contributed by atoms with Crippen molar-refractivity contribution in [2.75, 3.05) is 18.3 Å². The second-order valence-electron chi connectivity index (χ2n) is 3.25. The fourth-order valence-electron chi connectivity index (χ4n) is 1.17. The van der Waals surface area contributed by atoms with E-state index in [1.807, 2.05) is 19.9 Å². The predicted octanol–water partition coefficient (Wildman–Crippen LogP) is 6.07. The molecule has 0 aliphatic heterocycles. The maximum atomic E-state index is 6.10. The molecule has 0 fully saturated rings. The van der Waals surface area contributed by atoms with E-state index in [4.69, 9.17) is 44.1 Å². The van der Waals surface area contributed by atoms with Crippen molar-refractivity contribution in [2.45, 2.75) is 18.7 Å². The van der Waals surface area contributed by atoms with E-state index >= 15 is 0 Å². The van der Waals surface area contributed by atoms with Gasteiger partial charge in [0.2, 0.25) is 5.69 Å². The third-order valence-corrected chi connectivity index (χ3v) is 9.69. The Labute approximate surface area is 157 Å². The number of rotatable bonds is 8. The van der Waals surface area contributed by atoms with Crippen LogP contribution in [0.5, 0.6) is 0 Å². The summed E-state index contributed by atoms with van der Waals surface area (Å²) in [4.78, 5) is 0.941. The molecule has 0 aliphatic carbocycles. The van der Waals surface area contributed by atoms with Gasteiger partial charge in [0.1, 0.15) is 0 Å². The number of hydrogen-bond donors (Lipinski definition) is 0. The van der Waals surface area contributed by atoms with Gasteiger partial charge in [-0.3, -0.25) is 0 Å². The van der Waals surface area contributed by atoms with E-state index in [9.17, 15) is 0 Å². The Bertz CT molecular complexity index is 455. The average Bonchev–Trinajstić information content (AvgIpc) is 2.34. The molecule has 0 amide bonds. The minimum Gasteiger partial charge on any atom is -0.322 e. The molecule has 0 saturated carbocycles. The summed E-state index contributed by atoms with van der Waals surface area (Å²) in [6.45, 7) is 4.96. The van der Waals surface area contributed by atoms with E-state index in [0.29, 0.717) is 23.3 Å². The smallest absolute Gasteiger partial charge is 0.248 e. The van der Waals surface area contributed by atoms with E-state index in [1.165, 1.54) is 11.4 Å². The molecule has 118 valence electrons. The normalized spacial score (nSPS) is 11.2. The molecule has 0 heterocycles. The fourth-order valence-corrected chi connectivity index (χ4v) is 8.71. The van der Waals surface area contributed by atoms with Gasteiger partial charge in [-0.2, -0.15) is 0 Å². The molecule has 0 aromatic heterocycles. The number of hydrogen-bond acceptors (Lipinski definition) is 5. The minimum atomic E-state index is -2.23. The molecule has 20 heavy (non-hydrogen) atoms. The Kier molecular flexibility index (Phi) is 12.3. The Hall–Kier alpha value is 1.73. The molecule has 0 saturated heterocycles. The van der Waals surface area contributed by atoms with Gasteiger partial charge in [-0.1, -0.05) is 34.6 Å². The van der Waals surface area contributed by atoms with Crippen molar-refractivity contribution in [3.8, 4) is 0 Å². The second-order valence-corrected chi connectivity index (χ2v) is 11.8. The van der Waals surface area contributed by atoms with Gasteiger partial charge in [0.25, 0.3) is 0 Å². The van der Waals surface area contributed by atoms with E-state index < -0.39 is 5.69 Å². The number of benzene rings is 1. The summed E-state index contributed by atoms with van der Waals surface area (Å²) < 4.78 is 11.1. The first-order valence-corrected chi connectivity index (χ1v) is 11.6. The molecular weight excluding hydrogens is 469 g/mol. The summed E-state index contributed by atoms with van der Waals surface area (Å²) in [5.74, 6) is 0. The van der Waals surface area contributed by atoms with Gasteiger partial charge >= 0.3 is 0 Å². The zero-order valence-electron chi connectivity index (χ0n) is 10.9. The third kappa shape index (κ3) is 7.83. The van der Waals surface area contributed by atoms with Crippen LogP contribution in [0.15, 0.2) is 23.1 Å². The molecule has 0 bridgehead atoms. The largest absolute Gasteiger partial charge is 0.322 e. The quantitative estimate of drug-likeness (QED) is 0.193. The zero-order valence-corrected chi connectivity index (χ0v) is 17.3. The van der Waals surface area contributed by atoms with Crippen LogP contribution in [0.4, 0.5) is 0 Å².